The lowest BCUT2D eigenvalue weighted by molar-refractivity contribution is 0.00842. The number of benzene rings is 1. The molecule has 2 unspecified atom stereocenters. The lowest BCUT2D eigenvalue weighted by Gasteiger charge is -2.36. The van der Waals surface area contributed by atoms with Gasteiger partial charge in [-0.1, -0.05) is 37.3 Å². The SMILES string of the molecule is CCNC1(C#N)CCCC(OCCCc2ccccc2)C1. The van der Waals surface area contributed by atoms with Crippen molar-refractivity contribution in [1.82, 2.24) is 5.32 Å². The molecule has 1 N–H and O–H groups in total. The number of nitrogens with zero attached hydrogens (tertiary/aromatic N) is 1. The molecule has 0 aromatic heterocycles. The summed E-state index contributed by atoms with van der Waals surface area (Å²) >= 11 is 0. The van der Waals surface area contributed by atoms with E-state index in [1.165, 1.54) is 5.56 Å². The summed E-state index contributed by atoms with van der Waals surface area (Å²) < 4.78 is 6.02. The second-order valence-corrected chi connectivity index (χ2v) is 5.90. The summed E-state index contributed by atoms with van der Waals surface area (Å²) in [5.41, 5.74) is 1.00. The molecule has 0 bridgehead atoms. The number of aryl methyl sites for hydroxylation is 1. The Labute approximate surface area is 128 Å². The first-order valence-corrected chi connectivity index (χ1v) is 8.10. The first kappa shape index (κ1) is 16.0. The third-order valence-electron chi connectivity index (χ3n) is 4.24. The van der Waals surface area contributed by atoms with Gasteiger partial charge in [0, 0.05) is 13.0 Å². The largest absolute Gasteiger partial charge is 0.378 e. The monoisotopic (exact) mass is 286 g/mol. The zero-order chi connectivity index (χ0) is 15.0. The quantitative estimate of drug-likeness (QED) is 0.781. The normalized spacial score (nSPS) is 25.4. The fraction of sp³-hybridized carbons (Fsp3) is 0.611. The molecule has 1 saturated carbocycles. The molecule has 0 spiro atoms. The molecule has 1 aromatic carbocycles. The molecule has 21 heavy (non-hydrogen) atoms. The van der Waals surface area contributed by atoms with E-state index in [1.807, 2.05) is 6.07 Å². The van der Waals surface area contributed by atoms with Crippen LogP contribution in [0.5, 0.6) is 0 Å². The van der Waals surface area contributed by atoms with E-state index in [9.17, 15) is 5.26 Å². The zero-order valence-electron chi connectivity index (χ0n) is 13.0. The highest BCUT2D eigenvalue weighted by Gasteiger charge is 2.36. The lowest BCUT2D eigenvalue weighted by Crippen LogP contribution is -2.49. The van der Waals surface area contributed by atoms with Crippen LogP contribution in [-0.4, -0.2) is 24.8 Å². The van der Waals surface area contributed by atoms with Gasteiger partial charge in [0.1, 0.15) is 5.54 Å². The summed E-state index contributed by atoms with van der Waals surface area (Å²) in [6.45, 7) is 3.69. The fourth-order valence-corrected chi connectivity index (χ4v) is 3.18. The molecule has 1 fully saturated rings. The topological polar surface area (TPSA) is 45.0 Å². The van der Waals surface area contributed by atoms with Gasteiger partial charge in [0.2, 0.25) is 0 Å². The molecule has 2 rings (SSSR count). The Morgan fingerprint density at radius 3 is 2.90 bits per heavy atom. The highest BCUT2D eigenvalue weighted by atomic mass is 16.5. The van der Waals surface area contributed by atoms with Crippen molar-refractivity contribution in [3.8, 4) is 6.07 Å². The van der Waals surface area contributed by atoms with Crippen LogP contribution in [0.2, 0.25) is 0 Å². The maximum absolute atomic E-state index is 9.44. The van der Waals surface area contributed by atoms with Crippen molar-refractivity contribution in [1.29, 1.82) is 5.26 Å². The predicted molar refractivity (Wildman–Crippen MR) is 85.0 cm³/mol. The van der Waals surface area contributed by atoms with Gasteiger partial charge in [-0.25, -0.2) is 0 Å². The van der Waals surface area contributed by atoms with Crippen molar-refractivity contribution in [3.05, 3.63) is 35.9 Å². The highest BCUT2D eigenvalue weighted by molar-refractivity contribution is 5.14. The van der Waals surface area contributed by atoms with Gasteiger partial charge in [-0.15, -0.1) is 0 Å². The van der Waals surface area contributed by atoms with E-state index < -0.39 is 0 Å². The molecule has 0 aliphatic heterocycles. The van der Waals surface area contributed by atoms with E-state index in [-0.39, 0.29) is 11.6 Å². The molecular formula is C18H26N2O. The van der Waals surface area contributed by atoms with Crippen LogP contribution in [0, 0.1) is 11.3 Å². The maximum Gasteiger partial charge on any atom is 0.109 e. The Bertz CT molecular complexity index is 450. The second kappa shape index (κ2) is 8.17. The molecule has 1 aliphatic carbocycles. The fourth-order valence-electron chi connectivity index (χ4n) is 3.18. The zero-order valence-corrected chi connectivity index (χ0v) is 13.0. The molecular weight excluding hydrogens is 260 g/mol. The predicted octanol–water partition coefficient (Wildman–Crippen LogP) is 3.45. The molecule has 0 radical (unpaired) electrons. The van der Waals surface area contributed by atoms with E-state index in [2.05, 4.69) is 42.6 Å². The van der Waals surface area contributed by atoms with Crippen LogP contribution in [-0.2, 0) is 11.2 Å². The molecule has 114 valence electrons. The molecule has 3 heteroatoms. The van der Waals surface area contributed by atoms with Gasteiger partial charge in [0.05, 0.1) is 12.2 Å². The van der Waals surface area contributed by atoms with E-state index in [0.29, 0.717) is 0 Å². The smallest absolute Gasteiger partial charge is 0.109 e. The maximum atomic E-state index is 9.44. The second-order valence-electron chi connectivity index (χ2n) is 5.90. The average Bonchev–Trinajstić information content (AvgIpc) is 2.53. The minimum absolute atomic E-state index is 0.230. The third-order valence-corrected chi connectivity index (χ3v) is 4.24. The number of ether oxygens (including phenoxy) is 1. The van der Waals surface area contributed by atoms with Crippen LogP contribution in [0.15, 0.2) is 30.3 Å². The van der Waals surface area contributed by atoms with E-state index >= 15 is 0 Å². The molecule has 3 nitrogen and oxygen atoms in total. The number of nitrogens with one attached hydrogen (secondary N) is 1. The third kappa shape index (κ3) is 4.84. The minimum Gasteiger partial charge on any atom is -0.378 e. The Morgan fingerprint density at radius 1 is 1.38 bits per heavy atom. The van der Waals surface area contributed by atoms with Gasteiger partial charge in [0.15, 0.2) is 0 Å². The van der Waals surface area contributed by atoms with Crippen molar-refractivity contribution in [2.75, 3.05) is 13.2 Å². The Balaban J connectivity index is 1.72. The Hall–Kier alpha value is -1.37. The summed E-state index contributed by atoms with van der Waals surface area (Å²) in [5, 5.41) is 12.8. The van der Waals surface area contributed by atoms with Crippen LogP contribution in [0.4, 0.5) is 0 Å². The van der Waals surface area contributed by atoms with E-state index in [4.69, 9.17) is 4.74 Å². The van der Waals surface area contributed by atoms with Crippen LogP contribution >= 0.6 is 0 Å². The van der Waals surface area contributed by atoms with Crippen LogP contribution < -0.4 is 5.32 Å². The first-order valence-electron chi connectivity index (χ1n) is 8.10. The van der Waals surface area contributed by atoms with Crippen molar-refractivity contribution in [2.24, 2.45) is 0 Å². The lowest BCUT2D eigenvalue weighted by atomic mass is 9.81. The van der Waals surface area contributed by atoms with E-state index in [0.717, 1.165) is 51.7 Å². The highest BCUT2D eigenvalue weighted by Crippen LogP contribution is 2.29. The summed E-state index contributed by atoms with van der Waals surface area (Å²) in [6.07, 6.45) is 6.26. The molecule has 0 heterocycles. The van der Waals surface area contributed by atoms with Gasteiger partial charge in [0.25, 0.3) is 0 Å². The van der Waals surface area contributed by atoms with Gasteiger partial charge in [-0.05, 0) is 44.2 Å². The number of hydrogen-bond acceptors (Lipinski definition) is 3. The van der Waals surface area contributed by atoms with Crippen LogP contribution in [0.3, 0.4) is 0 Å². The Kier molecular flexibility index (Phi) is 6.22. The van der Waals surface area contributed by atoms with E-state index in [1.54, 1.807) is 0 Å². The Morgan fingerprint density at radius 2 is 2.19 bits per heavy atom. The number of nitriles is 1. The standard InChI is InChI=1S/C18H26N2O/c1-2-20-18(15-19)12-6-11-17(14-18)21-13-7-10-16-8-4-3-5-9-16/h3-5,8-9,17,20H,2,6-7,10-14H2,1H3. The first-order chi connectivity index (χ1) is 10.3. The van der Waals surface area contributed by atoms with Gasteiger partial charge in [-0.3, -0.25) is 5.32 Å². The summed E-state index contributed by atoms with van der Waals surface area (Å²) in [6, 6.07) is 13.0. The van der Waals surface area contributed by atoms with Gasteiger partial charge in [-0.2, -0.15) is 5.26 Å². The van der Waals surface area contributed by atoms with Crippen molar-refractivity contribution >= 4 is 0 Å². The minimum atomic E-state index is -0.364. The van der Waals surface area contributed by atoms with Crippen molar-refractivity contribution in [3.63, 3.8) is 0 Å². The number of rotatable bonds is 7. The molecule has 2 atom stereocenters. The van der Waals surface area contributed by atoms with Crippen molar-refractivity contribution in [2.45, 2.75) is 57.1 Å². The average molecular weight is 286 g/mol. The summed E-state index contributed by atoms with van der Waals surface area (Å²) in [4.78, 5) is 0. The summed E-state index contributed by atoms with van der Waals surface area (Å²) in [5.74, 6) is 0. The molecule has 0 saturated heterocycles. The molecule has 1 aliphatic rings. The van der Waals surface area contributed by atoms with Crippen molar-refractivity contribution < 1.29 is 4.74 Å². The number of hydrogen-bond donors (Lipinski definition) is 1. The van der Waals surface area contributed by atoms with Gasteiger partial charge >= 0.3 is 0 Å². The van der Waals surface area contributed by atoms with Gasteiger partial charge < -0.3 is 4.74 Å². The molecule has 0 amide bonds. The van der Waals surface area contributed by atoms with Crippen LogP contribution in [0.25, 0.3) is 0 Å². The molecule has 1 aromatic rings. The summed E-state index contributed by atoms with van der Waals surface area (Å²) in [7, 11) is 0. The van der Waals surface area contributed by atoms with Crippen LogP contribution in [0.1, 0.15) is 44.6 Å².